The molecule has 1 rings (SSSR count). The van der Waals surface area contributed by atoms with Gasteiger partial charge in [-0.25, -0.2) is 4.39 Å². The van der Waals surface area contributed by atoms with Gasteiger partial charge in [-0.1, -0.05) is 64.5 Å². The van der Waals surface area contributed by atoms with E-state index in [0.717, 1.165) is 6.42 Å². The number of hydrogen-bond donors (Lipinski definition) is 1. The standard InChI is InChI=1S/C19H32FN/c1-4-6-8-9-10-16(3)21-19(11-7-5-2)17-12-14-18(20)15-13-17/h12-16,19,21H,4-11H2,1-3H3. The Bertz CT molecular complexity index is 360. The molecule has 2 unspecified atom stereocenters. The summed E-state index contributed by atoms with van der Waals surface area (Å²) in [6.45, 7) is 6.74. The number of halogens is 1. The summed E-state index contributed by atoms with van der Waals surface area (Å²) in [4.78, 5) is 0. The maximum atomic E-state index is 13.1. The number of nitrogens with one attached hydrogen (secondary N) is 1. The van der Waals surface area contributed by atoms with Crippen molar-refractivity contribution in [2.75, 3.05) is 0 Å². The van der Waals surface area contributed by atoms with Crippen LogP contribution in [0.1, 0.15) is 83.7 Å². The number of rotatable bonds is 11. The van der Waals surface area contributed by atoms with Crippen LogP contribution in [-0.2, 0) is 0 Å². The van der Waals surface area contributed by atoms with Gasteiger partial charge in [-0.05, 0) is 37.5 Å². The van der Waals surface area contributed by atoms with Crippen LogP contribution in [0.4, 0.5) is 4.39 Å². The van der Waals surface area contributed by atoms with Crippen LogP contribution >= 0.6 is 0 Å². The molecule has 120 valence electrons. The van der Waals surface area contributed by atoms with Crippen molar-refractivity contribution in [2.24, 2.45) is 0 Å². The second kappa shape index (κ2) is 10.8. The van der Waals surface area contributed by atoms with Gasteiger partial charge in [0.1, 0.15) is 5.82 Å². The largest absolute Gasteiger partial charge is 0.307 e. The SMILES string of the molecule is CCCCCCC(C)NC(CCCC)c1ccc(F)cc1. The lowest BCUT2D eigenvalue weighted by atomic mass is 9.99. The predicted molar refractivity (Wildman–Crippen MR) is 90.0 cm³/mol. The molecular formula is C19H32FN. The summed E-state index contributed by atoms with van der Waals surface area (Å²) in [6, 6.07) is 7.86. The van der Waals surface area contributed by atoms with Crippen LogP contribution in [0, 0.1) is 5.82 Å². The number of benzene rings is 1. The van der Waals surface area contributed by atoms with Gasteiger partial charge in [-0.2, -0.15) is 0 Å². The molecule has 0 amide bonds. The Hall–Kier alpha value is -0.890. The van der Waals surface area contributed by atoms with Gasteiger partial charge in [-0.15, -0.1) is 0 Å². The Kier molecular flexibility index (Phi) is 9.32. The molecule has 1 nitrogen and oxygen atoms in total. The molecule has 2 atom stereocenters. The van der Waals surface area contributed by atoms with Gasteiger partial charge in [0, 0.05) is 12.1 Å². The van der Waals surface area contributed by atoms with Crippen LogP contribution in [0.5, 0.6) is 0 Å². The van der Waals surface area contributed by atoms with Crippen molar-refractivity contribution in [2.45, 2.75) is 84.2 Å². The molecule has 21 heavy (non-hydrogen) atoms. The molecule has 0 spiro atoms. The zero-order valence-corrected chi connectivity index (χ0v) is 14.0. The van der Waals surface area contributed by atoms with Crippen LogP contribution in [0.15, 0.2) is 24.3 Å². The average molecular weight is 293 g/mol. The van der Waals surface area contributed by atoms with E-state index in [9.17, 15) is 4.39 Å². The lowest BCUT2D eigenvalue weighted by molar-refractivity contribution is 0.397. The first kappa shape index (κ1) is 18.2. The third-order valence-electron chi connectivity index (χ3n) is 4.10. The van der Waals surface area contributed by atoms with E-state index in [1.54, 1.807) is 12.1 Å². The van der Waals surface area contributed by atoms with Gasteiger partial charge >= 0.3 is 0 Å². The molecule has 0 saturated carbocycles. The van der Waals surface area contributed by atoms with Crippen molar-refractivity contribution in [3.05, 3.63) is 35.6 Å². The van der Waals surface area contributed by atoms with Gasteiger partial charge in [0.05, 0.1) is 0 Å². The summed E-state index contributed by atoms with van der Waals surface area (Å²) < 4.78 is 13.1. The fourth-order valence-corrected chi connectivity index (χ4v) is 2.75. The van der Waals surface area contributed by atoms with Crippen LogP contribution in [0.2, 0.25) is 0 Å². The molecule has 1 N–H and O–H groups in total. The molecular weight excluding hydrogens is 261 g/mol. The summed E-state index contributed by atoms with van der Waals surface area (Å²) in [7, 11) is 0. The lowest BCUT2D eigenvalue weighted by Gasteiger charge is -2.24. The zero-order chi connectivity index (χ0) is 15.5. The summed E-state index contributed by atoms with van der Waals surface area (Å²) in [6.07, 6.45) is 10.0. The minimum Gasteiger partial charge on any atom is -0.307 e. The van der Waals surface area contributed by atoms with Crippen molar-refractivity contribution in [3.8, 4) is 0 Å². The predicted octanol–water partition coefficient (Wildman–Crippen LogP) is 6.01. The van der Waals surface area contributed by atoms with Crippen LogP contribution < -0.4 is 5.32 Å². The van der Waals surface area contributed by atoms with Gasteiger partial charge in [0.2, 0.25) is 0 Å². The molecule has 0 bridgehead atoms. The van der Waals surface area contributed by atoms with Crippen LogP contribution in [-0.4, -0.2) is 6.04 Å². The van der Waals surface area contributed by atoms with Gasteiger partial charge < -0.3 is 5.32 Å². The highest BCUT2D eigenvalue weighted by molar-refractivity contribution is 5.20. The fraction of sp³-hybridized carbons (Fsp3) is 0.684. The maximum Gasteiger partial charge on any atom is 0.123 e. The lowest BCUT2D eigenvalue weighted by Crippen LogP contribution is -2.30. The van der Waals surface area contributed by atoms with Gasteiger partial charge in [0.25, 0.3) is 0 Å². The molecule has 0 aliphatic rings. The van der Waals surface area contributed by atoms with Crippen molar-refractivity contribution >= 4 is 0 Å². The van der Waals surface area contributed by atoms with E-state index >= 15 is 0 Å². The monoisotopic (exact) mass is 293 g/mol. The third-order valence-corrected chi connectivity index (χ3v) is 4.10. The Morgan fingerprint density at radius 3 is 2.19 bits per heavy atom. The van der Waals surface area contributed by atoms with Crippen molar-refractivity contribution in [3.63, 3.8) is 0 Å². The summed E-state index contributed by atoms with van der Waals surface area (Å²) in [5.41, 5.74) is 1.21. The number of hydrogen-bond acceptors (Lipinski definition) is 1. The maximum absolute atomic E-state index is 13.1. The molecule has 0 heterocycles. The molecule has 2 heteroatoms. The smallest absolute Gasteiger partial charge is 0.123 e. The van der Waals surface area contributed by atoms with E-state index in [0.29, 0.717) is 12.1 Å². The number of unbranched alkanes of at least 4 members (excludes halogenated alkanes) is 4. The highest BCUT2D eigenvalue weighted by atomic mass is 19.1. The first-order valence-electron chi connectivity index (χ1n) is 8.68. The van der Waals surface area contributed by atoms with E-state index in [1.165, 1.54) is 50.5 Å². The molecule has 1 aromatic rings. The second-order valence-electron chi connectivity index (χ2n) is 6.16. The normalized spacial score (nSPS) is 14.1. The Balaban J connectivity index is 2.50. The van der Waals surface area contributed by atoms with Gasteiger partial charge in [-0.3, -0.25) is 0 Å². The minimum absolute atomic E-state index is 0.152. The van der Waals surface area contributed by atoms with E-state index in [1.807, 2.05) is 12.1 Å². The Labute approximate surface area is 130 Å². The van der Waals surface area contributed by atoms with E-state index in [-0.39, 0.29) is 5.82 Å². The zero-order valence-electron chi connectivity index (χ0n) is 14.0. The van der Waals surface area contributed by atoms with Crippen LogP contribution in [0.25, 0.3) is 0 Å². The molecule has 0 fully saturated rings. The summed E-state index contributed by atoms with van der Waals surface area (Å²) >= 11 is 0. The molecule has 0 saturated heterocycles. The summed E-state index contributed by atoms with van der Waals surface area (Å²) in [5.74, 6) is -0.152. The van der Waals surface area contributed by atoms with Gasteiger partial charge in [0.15, 0.2) is 0 Å². The third kappa shape index (κ3) is 7.61. The molecule has 1 aromatic carbocycles. The first-order chi connectivity index (χ1) is 10.2. The molecule has 0 radical (unpaired) electrons. The van der Waals surface area contributed by atoms with Crippen molar-refractivity contribution in [1.29, 1.82) is 0 Å². The van der Waals surface area contributed by atoms with Crippen molar-refractivity contribution in [1.82, 2.24) is 5.32 Å². The highest BCUT2D eigenvalue weighted by Gasteiger charge is 2.13. The molecule has 0 aromatic heterocycles. The minimum atomic E-state index is -0.152. The quantitative estimate of drug-likeness (QED) is 0.493. The molecule has 0 aliphatic carbocycles. The van der Waals surface area contributed by atoms with E-state index in [4.69, 9.17) is 0 Å². The average Bonchev–Trinajstić information content (AvgIpc) is 2.49. The van der Waals surface area contributed by atoms with Crippen LogP contribution in [0.3, 0.4) is 0 Å². The fourth-order valence-electron chi connectivity index (χ4n) is 2.75. The second-order valence-corrected chi connectivity index (χ2v) is 6.16. The van der Waals surface area contributed by atoms with E-state index in [2.05, 4.69) is 26.1 Å². The van der Waals surface area contributed by atoms with Crippen molar-refractivity contribution < 1.29 is 4.39 Å². The molecule has 0 aliphatic heterocycles. The highest BCUT2D eigenvalue weighted by Crippen LogP contribution is 2.21. The Morgan fingerprint density at radius 2 is 1.57 bits per heavy atom. The summed E-state index contributed by atoms with van der Waals surface area (Å²) in [5, 5.41) is 3.74. The Morgan fingerprint density at radius 1 is 0.905 bits per heavy atom. The topological polar surface area (TPSA) is 12.0 Å². The first-order valence-corrected chi connectivity index (χ1v) is 8.68. The van der Waals surface area contributed by atoms with E-state index < -0.39 is 0 Å².